The van der Waals surface area contributed by atoms with Crippen molar-refractivity contribution in [2.45, 2.75) is 50.6 Å². The Morgan fingerprint density at radius 1 is 1.10 bits per heavy atom. The zero-order chi connectivity index (χ0) is 14.7. The first kappa shape index (κ1) is 15.0. The molecule has 1 aliphatic heterocycles. The predicted molar refractivity (Wildman–Crippen MR) is 88.5 cm³/mol. The summed E-state index contributed by atoms with van der Waals surface area (Å²) in [5, 5.41) is 3.19. The van der Waals surface area contributed by atoms with Gasteiger partial charge in [-0.15, -0.1) is 0 Å². The topological polar surface area (TPSA) is 32.3 Å². The van der Waals surface area contributed by atoms with Gasteiger partial charge in [-0.3, -0.25) is 9.69 Å². The van der Waals surface area contributed by atoms with Gasteiger partial charge in [0.05, 0.1) is 0 Å². The van der Waals surface area contributed by atoms with E-state index in [2.05, 4.69) is 26.1 Å². The quantitative estimate of drug-likeness (QED) is 0.903. The molecule has 1 unspecified atom stereocenters. The lowest BCUT2D eigenvalue weighted by Gasteiger charge is -2.31. The van der Waals surface area contributed by atoms with Crippen LogP contribution < -0.4 is 5.32 Å². The summed E-state index contributed by atoms with van der Waals surface area (Å²) in [5.74, 6) is 0.0537. The van der Waals surface area contributed by atoms with Crippen molar-refractivity contribution in [3.05, 3.63) is 34.3 Å². The van der Waals surface area contributed by atoms with Crippen molar-refractivity contribution in [3.8, 4) is 0 Å². The Bertz CT molecular complexity index is 482. The van der Waals surface area contributed by atoms with E-state index in [0.717, 1.165) is 35.6 Å². The van der Waals surface area contributed by atoms with Crippen molar-refractivity contribution in [1.82, 2.24) is 10.2 Å². The van der Waals surface area contributed by atoms with Gasteiger partial charge in [0, 0.05) is 35.2 Å². The van der Waals surface area contributed by atoms with Crippen molar-refractivity contribution < 1.29 is 4.79 Å². The van der Waals surface area contributed by atoms with E-state index in [9.17, 15) is 4.79 Å². The van der Waals surface area contributed by atoms with E-state index in [4.69, 9.17) is 0 Å². The van der Waals surface area contributed by atoms with Crippen LogP contribution in [0.5, 0.6) is 0 Å². The average Bonchev–Trinajstić information content (AvgIpc) is 2.97. The predicted octanol–water partition coefficient (Wildman–Crippen LogP) is 3.59. The zero-order valence-electron chi connectivity index (χ0n) is 12.4. The maximum Gasteiger partial charge on any atom is 0.251 e. The third-order valence-electron chi connectivity index (χ3n) is 4.75. The summed E-state index contributed by atoms with van der Waals surface area (Å²) in [4.78, 5) is 14.8. The molecule has 21 heavy (non-hydrogen) atoms. The molecule has 0 aromatic heterocycles. The molecule has 1 aliphatic carbocycles. The molecule has 1 aromatic rings. The number of rotatable bonds is 3. The average molecular weight is 351 g/mol. The highest BCUT2D eigenvalue weighted by Gasteiger charge is 2.29. The number of carbonyl (C=O) groups is 1. The molecule has 1 heterocycles. The van der Waals surface area contributed by atoms with Gasteiger partial charge in [-0.05, 0) is 43.5 Å². The van der Waals surface area contributed by atoms with Crippen molar-refractivity contribution in [3.63, 3.8) is 0 Å². The number of amides is 1. The smallest absolute Gasteiger partial charge is 0.251 e. The van der Waals surface area contributed by atoms with E-state index in [0.29, 0.717) is 6.04 Å². The Kier molecular flexibility index (Phi) is 4.96. The third kappa shape index (κ3) is 3.86. The number of likely N-dealkylation sites (tertiary alicyclic amines) is 1. The van der Waals surface area contributed by atoms with Gasteiger partial charge >= 0.3 is 0 Å². The van der Waals surface area contributed by atoms with Crippen LogP contribution in [0.2, 0.25) is 0 Å². The molecule has 1 N–H and O–H groups in total. The maximum atomic E-state index is 12.2. The van der Waals surface area contributed by atoms with E-state index in [-0.39, 0.29) is 5.91 Å². The SMILES string of the molecule is O=C(NC1CCN(C2CCCCC2)C1)c1ccc(Br)cc1. The molecule has 0 spiro atoms. The van der Waals surface area contributed by atoms with Crippen molar-refractivity contribution >= 4 is 21.8 Å². The summed E-state index contributed by atoms with van der Waals surface area (Å²) in [5.41, 5.74) is 0.745. The summed E-state index contributed by atoms with van der Waals surface area (Å²) < 4.78 is 1.00. The molecule has 1 aromatic carbocycles. The van der Waals surface area contributed by atoms with E-state index in [1.807, 2.05) is 24.3 Å². The van der Waals surface area contributed by atoms with Crippen LogP contribution in [-0.2, 0) is 0 Å². The largest absolute Gasteiger partial charge is 0.348 e. The van der Waals surface area contributed by atoms with Crippen LogP contribution in [0.25, 0.3) is 0 Å². The Hall–Kier alpha value is -0.870. The second-order valence-corrected chi connectivity index (χ2v) is 7.17. The number of halogens is 1. The molecule has 3 rings (SSSR count). The van der Waals surface area contributed by atoms with Crippen molar-refractivity contribution in [2.24, 2.45) is 0 Å². The van der Waals surface area contributed by atoms with Gasteiger partial charge in [0.1, 0.15) is 0 Å². The third-order valence-corrected chi connectivity index (χ3v) is 5.28. The van der Waals surface area contributed by atoms with Crippen molar-refractivity contribution in [1.29, 1.82) is 0 Å². The lowest BCUT2D eigenvalue weighted by Crippen LogP contribution is -2.40. The lowest BCUT2D eigenvalue weighted by atomic mass is 9.94. The van der Waals surface area contributed by atoms with Gasteiger partial charge < -0.3 is 5.32 Å². The molecule has 3 nitrogen and oxygen atoms in total. The number of carbonyl (C=O) groups excluding carboxylic acids is 1. The van der Waals surface area contributed by atoms with Gasteiger partial charge in [-0.25, -0.2) is 0 Å². The molecule has 1 saturated carbocycles. The molecule has 114 valence electrons. The summed E-state index contributed by atoms with van der Waals surface area (Å²) in [6, 6.07) is 8.63. The summed E-state index contributed by atoms with van der Waals surface area (Å²) in [7, 11) is 0. The van der Waals surface area contributed by atoms with Crippen LogP contribution in [0.4, 0.5) is 0 Å². The molecule has 0 bridgehead atoms. The summed E-state index contributed by atoms with van der Waals surface area (Å²) >= 11 is 3.40. The molecule has 2 fully saturated rings. The van der Waals surface area contributed by atoms with Crippen LogP contribution in [0, 0.1) is 0 Å². The van der Waals surface area contributed by atoms with Gasteiger partial charge in [-0.2, -0.15) is 0 Å². The molecule has 1 atom stereocenters. The van der Waals surface area contributed by atoms with Crippen LogP contribution in [0.3, 0.4) is 0 Å². The second kappa shape index (κ2) is 6.93. The first-order valence-electron chi connectivity index (χ1n) is 8.03. The molecule has 4 heteroatoms. The number of hydrogen-bond donors (Lipinski definition) is 1. The van der Waals surface area contributed by atoms with Crippen LogP contribution in [0.1, 0.15) is 48.9 Å². The fourth-order valence-electron chi connectivity index (χ4n) is 3.55. The first-order valence-corrected chi connectivity index (χ1v) is 8.82. The fraction of sp³-hybridized carbons (Fsp3) is 0.588. The zero-order valence-corrected chi connectivity index (χ0v) is 13.9. The lowest BCUT2D eigenvalue weighted by molar-refractivity contribution is 0.0934. The Labute approximate surface area is 135 Å². The van der Waals surface area contributed by atoms with Gasteiger partial charge in [0.2, 0.25) is 0 Å². The minimum atomic E-state index is 0.0537. The Morgan fingerprint density at radius 3 is 2.52 bits per heavy atom. The highest BCUT2D eigenvalue weighted by molar-refractivity contribution is 9.10. The van der Waals surface area contributed by atoms with Gasteiger partial charge in [0.25, 0.3) is 5.91 Å². The van der Waals surface area contributed by atoms with Gasteiger partial charge in [-0.1, -0.05) is 35.2 Å². The highest BCUT2D eigenvalue weighted by Crippen LogP contribution is 2.25. The highest BCUT2D eigenvalue weighted by atomic mass is 79.9. The second-order valence-electron chi connectivity index (χ2n) is 6.25. The molecule has 1 saturated heterocycles. The molecule has 1 amide bonds. The summed E-state index contributed by atoms with van der Waals surface area (Å²) in [6.07, 6.45) is 7.90. The maximum absolute atomic E-state index is 12.2. The van der Waals surface area contributed by atoms with Crippen LogP contribution in [-0.4, -0.2) is 36.0 Å². The summed E-state index contributed by atoms with van der Waals surface area (Å²) in [6.45, 7) is 2.16. The standard InChI is InChI=1S/C17H23BrN2O/c18-14-8-6-13(7-9-14)17(21)19-15-10-11-20(12-15)16-4-2-1-3-5-16/h6-9,15-16H,1-5,10-12H2,(H,19,21). The Morgan fingerprint density at radius 2 is 1.81 bits per heavy atom. The first-order chi connectivity index (χ1) is 10.2. The number of nitrogens with zero attached hydrogens (tertiary/aromatic N) is 1. The number of nitrogens with one attached hydrogen (secondary N) is 1. The fourth-order valence-corrected chi connectivity index (χ4v) is 3.82. The van der Waals surface area contributed by atoms with E-state index < -0.39 is 0 Å². The number of benzene rings is 1. The molecule has 0 radical (unpaired) electrons. The molecular weight excluding hydrogens is 328 g/mol. The molecular formula is C17H23BrN2O. The van der Waals surface area contributed by atoms with Gasteiger partial charge in [0.15, 0.2) is 0 Å². The minimum absolute atomic E-state index is 0.0537. The van der Waals surface area contributed by atoms with E-state index >= 15 is 0 Å². The van der Waals surface area contributed by atoms with Crippen LogP contribution in [0.15, 0.2) is 28.7 Å². The van der Waals surface area contributed by atoms with E-state index in [1.165, 1.54) is 32.1 Å². The van der Waals surface area contributed by atoms with Crippen LogP contribution >= 0.6 is 15.9 Å². The van der Waals surface area contributed by atoms with E-state index in [1.54, 1.807) is 0 Å². The normalized spacial score (nSPS) is 24.1. The monoisotopic (exact) mass is 350 g/mol. The number of hydrogen-bond acceptors (Lipinski definition) is 2. The minimum Gasteiger partial charge on any atom is -0.348 e. The Balaban J connectivity index is 1.52. The van der Waals surface area contributed by atoms with Crippen molar-refractivity contribution in [2.75, 3.05) is 13.1 Å². The molecule has 2 aliphatic rings.